The van der Waals surface area contributed by atoms with E-state index in [0.29, 0.717) is 5.56 Å². The average molecular weight is 279 g/mol. The highest BCUT2D eigenvalue weighted by Crippen LogP contribution is 2.17. The lowest BCUT2D eigenvalue weighted by molar-refractivity contribution is -0.130. The number of benzene rings is 1. The SMILES string of the molecule is O=C(NC(CS)C(=O)NO)c1c[nH]c2ccccc12. The third-order valence-corrected chi connectivity index (χ3v) is 3.11. The quantitative estimate of drug-likeness (QED) is 0.324. The van der Waals surface area contributed by atoms with Crippen molar-refractivity contribution >= 4 is 35.3 Å². The predicted molar refractivity (Wildman–Crippen MR) is 73.3 cm³/mol. The molecular weight excluding hydrogens is 266 g/mol. The third-order valence-electron chi connectivity index (χ3n) is 2.75. The minimum atomic E-state index is -0.894. The fourth-order valence-corrected chi connectivity index (χ4v) is 2.02. The van der Waals surface area contributed by atoms with Gasteiger partial charge in [-0.25, -0.2) is 5.48 Å². The van der Waals surface area contributed by atoms with E-state index in [9.17, 15) is 9.59 Å². The van der Waals surface area contributed by atoms with Crippen molar-refractivity contribution in [2.24, 2.45) is 0 Å². The van der Waals surface area contributed by atoms with Crippen molar-refractivity contribution < 1.29 is 14.8 Å². The third kappa shape index (κ3) is 2.72. The average Bonchev–Trinajstić information content (AvgIpc) is 2.87. The van der Waals surface area contributed by atoms with E-state index in [1.54, 1.807) is 6.20 Å². The summed E-state index contributed by atoms with van der Waals surface area (Å²) in [5.41, 5.74) is 2.77. The van der Waals surface area contributed by atoms with E-state index in [-0.39, 0.29) is 5.75 Å². The number of hydroxylamine groups is 1. The molecule has 1 unspecified atom stereocenters. The molecule has 2 aromatic rings. The van der Waals surface area contributed by atoms with E-state index in [2.05, 4.69) is 22.9 Å². The molecule has 4 N–H and O–H groups in total. The van der Waals surface area contributed by atoms with Gasteiger partial charge in [0, 0.05) is 22.9 Å². The van der Waals surface area contributed by atoms with Crippen LogP contribution in [0.1, 0.15) is 10.4 Å². The summed E-state index contributed by atoms with van der Waals surface area (Å²) in [6.45, 7) is 0. The fourth-order valence-electron chi connectivity index (χ4n) is 1.77. The second-order valence-electron chi connectivity index (χ2n) is 3.93. The number of aromatic nitrogens is 1. The molecule has 0 fully saturated rings. The summed E-state index contributed by atoms with van der Waals surface area (Å²) < 4.78 is 0. The van der Waals surface area contributed by atoms with Crippen LogP contribution in [0.15, 0.2) is 30.5 Å². The van der Waals surface area contributed by atoms with E-state index in [4.69, 9.17) is 5.21 Å². The first-order valence-electron chi connectivity index (χ1n) is 5.59. The normalized spacial score (nSPS) is 12.1. The molecule has 0 aliphatic rings. The molecule has 2 amide bonds. The van der Waals surface area contributed by atoms with Gasteiger partial charge in [0.25, 0.3) is 11.8 Å². The maximum atomic E-state index is 12.1. The van der Waals surface area contributed by atoms with E-state index < -0.39 is 17.9 Å². The minimum absolute atomic E-state index is 0.0838. The van der Waals surface area contributed by atoms with Crippen LogP contribution in [0.25, 0.3) is 10.9 Å². The van der Waals surface area contributed by atoms with Crippen LogP contribution < -0.4 is 10.8 Å². The van der Waals surface area contributed by atoms with Gasteiger partial charge in [0.05, 0.1) is 5.56 Å². The molecule has 2 rings (SSSR count). The first-order valence-corrected chi connectivity index (χ1v) is 6.22. The van der Waals surface area contributed by atoms with Gasteiger partial charge >= 0.3 is 0 Å². The highest BCUT2D eigenvalue weighted by Gasteiger charge is 2.21. The molecule has 0 saturated heterocycles. The van der Waals surface area contributed by atoms with Crippen LogP contribution in [-0.2, 0) is 4.79 Å². The van der Waals surface area contributed by atoms with Crippen LogP contribution in [-0.4, -0.2) is 33.8 Å². The van der Waals surface area contributed by atoms with Crippen LogP contribution in [0.5, 0.6) is 0 Å². The topological polar surface area (TPSA) is 94.2 Å². The molecule has 0 aliphatic carbocycles. The summed E-state index contributed by atoms with van der Waals surface area (Å²) in [4.78, 5) is 26.3. The molecule has 7 heteroatoms. The molecule has 1 heterocycles. The van der Waals surface area contributed by atoms with Gasteiger partial charge in [-0.15, -0.1) is 0 Å². The number of hydrogen-bond acceptors (Lipinski definition) is 4. The van der Waals surface area contributed by atoms with Crippen molar-refractivity contribution in [3.8, 4) is 0 Å². The number of para-hydroxylation sites is 1. The lowest BCUT2D eigenvalue weighted by Gasteiger charge is -2.13. The number of carbonyl (C=O) groups is 2. The van der Waals surface area contributed by atoms with E-state index in [0.717, 1.165) is 10.9 Å². The number of thiol groups is 1. The summed E-state index contributed by atoms with van der Waals surface area (Å²) in [7, 11) is 0. The van der Waals surface area contributed by atoms with Crippen LogP contribution in [0.3, 0.4) is 0 Å². The predicted octanol–water partition coefficient (Wildman–Crippen LogP) is 0.702. The molecule has 1 atom stereocenters. The Bertz CT molecular complexity index is 611. The maximum Gasteiger partial charge on any atom is 0.266 e. The number of nitrogens with one attached hydrogen (secondary N) is 3. The van der Waals surface area contributed by atoms with Crippen molar-refractivity contribution in [3.05, 3.63) is 36.0 Å². The lowest BCUT2D eigenvalue weighted by Crippen LogP contribution is -2.47. The van der Waals surface area contributed by atoms with Crippen LogP contribution in [0.4, 0.5) is 0 Å². The zero-order valence-electron chi connectivity index (χ0n) is 9.88. The van der Waals surface area contributed by atoms with E-state index in [1.165, 1.54) is 5.48 Å². The molecule has 19 heavy (non-hydrogen) atoms. The summed E-state index contributed by atoms with van der Waals surface area (Å²) in [5, 5.41) is 11.8. The van der Waals surface area contributed by atoms with E-state index >= 15 is 0 Å². The summed E-state index contributed by atoms with van der Waals surface area (Å²) >= 11 is 3.96. The number of hydrogen-bond donors (Lipinski definition) is 5. The number of rotatable bonds is 4. The Labute approximate surface area is 114 Å². The van der Waals surface area contributed by atoms with Crippen molar-refractivity contribution in [3.63, 3.8) is 0 Å². The Kier molecular flexibility index (Phi) is 4.08. The van der Waals surface area contributed by atoms with Crippen LogP contribution in [0.2, 0.25) is 0 Å². The molecule has 100 valence electrons. The Hall–Kier alpha value is -1.99. The summed E-state index contributed by atoms with van der Waals surface area (Å²) in [5.74, 6) is -1.02. The zero-order valence-corrected chi connectivity index (χ0v) is 10.8. The molecule has 0 bridgehead atoms. The van der Waals surface area contributed by atoms with Gasteiger partial charge in [-0.2, -0.15) is 12.6 Å². The van der Waals surface area contributed by atoms with Gasteiger partial charge in [-0.1, -0.05) is 18.2 Å². The first kappa shape index (κ1) is 13.4. The molecule has 0 radical (unpaired) electrons. The second-order valence-corrected chi connectivity index (χ2v) is 4.30. The highest BCUT2D eigenvalue weighted by molar-refractivity contribution is 7.80. The first-order chi connectivity index (χ1) is 9.17. The lowest BCUT2D eigenvalue weighted by atomic mass is 10.1. The Morgan fingerprint density at radius 2 is 2.11 bits per heavy atom. The van der Waals surface area contributed by atoms with Gasteiger partial charge in [0.1, 0.15) is 6.04 Å². The molecule has 1 aromatic heterocycles. The van der Waals surface area contributed by atoms with Gasteiger partial charge in [-0.05, 0) is 6.07 Å². The smallest absolute Gasteiger partial charge is 0.266 e. The number of carbonyl (C=O) groups excluding carboxylic acids is 2. The van der Waals surface area contributed by atoms with Crippen molar-refractivity contribution in [1.82, 2.24) is 15.8 Å². The van der Waals surface area contributed by atoms with Crippen molar-refractivity contribution in [1.29, 1.82) is 0 Å². The number of fused-ring (bicyclic) bond motifs is 1. The molecule has 0 aliphatic heterocycles. The standard InChI is InChI=1S/C12H13N3O3S/c16-11(14-10(6-19)12(17)15-18)8-5-13-9-4-2-1-3-7(8)9/h1-5,10,13,18-19H,6H2,(H,14,16)(H,15,17). The number of aromatic amines is 1. The molecule has 1 aromatic carbocycles. The molecular formula is C12H13N3O3S. The second kappa shape index (κ2) is 5.77. The summed E-state index contributed by atoms with van der Waals surface area (Å²) in [6.07, 6.45) is 1.58. The molecule has 0 saturated carbocycles. The maximum absolute atomic E-state index is 12.1. The van der Waals surface area contributed by atoms with Crippen molar-refractivity contribution in [2.45, 2.75) is 6.04 Å². The largest absolute Gasteiger partial charge is 0.360 e. The van der Waals surface area contributed by atoms with Crippen molar-refractivity contribution in [2.75, 3.05) is 5.75 Å². The number of H-pyrrole nitrogens is 1. The fraction of sp³-hybridized carbons (Fsp3) is 0.167. The summed E-state index contributed by atoms with van der Waals surface area (Å²) in [6, 6.07) is 6.44. The molecule has 0 spiro atoms. The Morgan fingerprint density at radius 1 is 1.37 bits per heavy atom. The van der Waals surface area contributed by atoms with E-state index in [1.807, 2.05) is 24.3 Å². The van der Waals surface area contributed by atoms with Crippen LogP contribution in [0, 0.1) is 0 Å². The minimum Gasteiger partial charge on any atom is -0.360 e. The number of amides is 2. The Balaban J connectivity index is 2.22. The zero-order chi connectivity index (χ0) is 13.8. The van der Waals surface area contributed by atoms with Gasteiger partial charge in [0.15, 0.2) is 0 Å². The van der Waals surface area contributed by atoms with Gasteiger partial charge in [0.2, 0.25) is 0 Å². The van der Waals surface area contributed by atoms with Gasteiger partial charge < -0.3 is 10.3 Å². The highest BCUT2D eigenvalue weighted by atomic mass is 32.1. The van der Waals surface area contributed by atoms with Crippen LogP contribution >= 0.6 is 12.6 Å². The monoisotopic (exact) mass is 279 g/mol. The Morgan fingerprint density at radius 3 is 2.79 bits per heavy atom. The molecule has 6 nitrogen and oxygen atoms in total. The van der Waals surface area contributed by atoms with Gasteiger partial charge in [-0.3, -0.25) is 14.8 Å².